The van der Waals surface area contributed by atoms with Crippen LogP contribution in [0.15, 0.2) is 73.0 Å². The van der Waals surface area contributed by atoms with Crippen LogP contribution in [0.3, 0.4) is 0 Å². The van der Waals surface area contributed by atoms with E-state index in [-0.39, 0.29) is 17.7 Å². The van der Waals surface area contributed by atoms with Crippen molar-refractivity contribution in [2.75, 3.05) is 6.61 Å². The van der Waals surface area contributed by atoms with Gasteiger partial charge >= 0.3 is 0 Å². The van der Waals surface area contributed by atoms with Gasteiger partial charge in [0, 0.05) is 12.8 Å². The Morgan fingerprint density at radius 1 is 0.882 bits per heavy atom. The lowest BCUT2D eigenvalue weighted by Crippen LogP contribution is -2.38. The molecule has 0 bridgehead atoms. The van der Waals surface area contributed by atoms with Crippen molar-refractivity contribution in [1.29, 1.82) is 0 Å². The molecule has 0 aliphatic heterocycles. The number of carbonyl (C=O) groups excluding carboxylic acids is 2. The maximum atomic E-state index is 12.4. The molecule has 0 heterocycles. The summed E-state index contributed by atoms with van der Waals surface area (Å²) in [5, 5.41) is 3.09. The summed E-state index contributed by atoms with van der Waals surface area (Å²) in [7, 11) is 0. The molecule has 2 rings (SSSR count). The molecular formula is C29H40N2O3. The monoisotopic (exact) mass is 464 g/mol. The van der Waals surface area contributed by atoms with Gasteiger partial charge in [-0.25, -0.2) is 0 Å². The number of nitrogens with one attached hydrogen (secondary N) is 1. The van der Waals surface area contributed by atoms with Crippen LogP contribution in [-0.2, 0) is 27.2 Å². The Morgan fingerprint density at radius 3 is 2.09 bits per heavy atom. The van der Waals surface area contributed by atoms with E-state index in [9.17, 15) is 9.59 Å². The van der Waals surface area contributed by atoms with Crippen LogP contribution < -0.4 is 11.1 Å². The van der Waals surface area contributed by atoms with Gasteiger partial charge in [-0.05, 0) is 43.2 Å². The highest BCUT2D eigenvalue weighted by molar-refractivity contribution is 5.84. The smallest absolute Gasteiger partial charge is 0.220 e. The Balaban J connectivity index is 1.75. The van der Waals surface area contributed by atoms with Crippen LogP contribution in [0.4, 0.5) is 0 Å². The quantitative estimate of drug-likeness (QED) is 0.251. The number of Topliss-reactive ketones (excluding diaryl/α,β-unsaturated/α-hetero) is 1. The predicted molar refractivity (Wildman–Crippen MR) is 138 cm³/mol. The van der Waals surface area contributed by atoms with Crippen LogP contribution in [0.5, 0.6) is 0 Å². The molecule has 0 saturated heterocycles. The van der Waals surface area contributed by atoms with Crippen molar-refractivity contribution in [2.24, 2.45) is 5.73 Å². The van der Waals surface area contributed by atoms with E-state index in [4.69, 9.17) is 10.5 Å². The first-order valence-corrected chi connectivity index (χ1v) is 12.5. The van der Waals surface area contributed by atoms with Crippen LogP contribution in [0.2, 0.25) is 0 Å². The van der Waals surface area contributed by atoms with Crippen molar-refractivity contribution in [3.8, 4) is 0 Å². The zero-order valence-electron chi connectivity index (χ0n) is 20.5. The largest absolute Gasteiger partial charge is 0.496 e. The highest BCUT2D eigenvalue weighted by Gasteiger charge is 2.18. The van der Waals surface area contributed by atoms with Crippen molar-refractivity contribution >= 4 is 11.7 Å². The number of benzene rings is 2. The van der Waals surface area contributed by atoms with E-state index >= 15 is 0 Å². The van der Waals surface area contributed by atoms with Crippen molar-refractivity contribution in [2.45, 2.75) is 76.8 Å². The molecule has 184 valence electrons. The number of amides is 1. The Labute approximate surface area is 204 Å². The Kier molecular flexibility index (Phi) is 12.7. The van der Waals surface area contributed by atoms with Gasteiger partial charge in [0.25, 0.3) is 0 Å². The molecule has 1 amide bonds. The minimum atomic E-state index is -0.476. The fraction of sp³-hybridized carbons (Fsp3) is 0.448. The average molecular weight is 465 g/mol. The number of ketones is 1. The summed E-state index contributed by atoms with van der Waals surface area (Å²) >= 11 is 0. The van der Waals surface area contributed by atoms with Crippen molar-refractivity contribution in [1.82, 2.24) is 5.32 Å². The van der Waals surface area contributed by atoms with Gasteiger partial charge in [-0.2, -0.15) is 0 Å². The number of hydrogen-bond acceptors (Lipinski definition) is 4. The maximum Gasteiger partial charge on any atom is 0.220 e. The summed E-state index contributed by atoms with van der Waals surface area (Å²) in [6, 6.07) is 19.1. The third kappa shape index (κ3) is 10.8. The number of ether oxygens (including phenoxy) is 1. The van der Waals surface area contributed by atoms with Crippen molar-refractivity contribution < 1.29 is 14.3 Å². The lowest BCUT2D eigenvalue weighted by atomic mass is 10.00. The second-order valence-corrected chi connectivity index (χ2v) is 8.80. The van der Waals surface area contributed by atoms with E-state index in [1.165, 1.54) is 0 Å². The molecule has 0 radical (unpaired) electrons. The maximum absolute atomic E-state index is 12.4. The highest BCUT2D eigenvalue weighted by Crippen LogP contribution is 2.13. The topological polar surface area (TPSA) is 81.4 Å². The number of rotatable bonds is 17. The van der Waals surface area contributed by atoms with Crippen LogP contribution in [0.1, 0.15) is 63.0 Å². The first kappa shape index (κ1) is 27.3. The van der Waals surface area contributed by atoms with Crippen LogP contribution >= 0.6 is 0 Å². The zero-order chi connectivity index (χ0) is 24.6. The molecule has 3 N–H and O–H groups in total. The fourth-order valence-electron chi connectivity index (χ4n) is 3.77. The van der Waals surface area contributed by atoms with Gasteiger partial charge < -0.3 is 15.8 Å². The van der Waals surface area contributed by atoms with Gasteiger partial charge in [-0.3, -0.25) is 9.59 Å². The molecule has 0 aliphatic carbocycles. The highest BCUT2D eigenvalue weighted by atomic mass is 16.5. The van der Waals surface area contributed by atoms with Crippen LogP contribution in [0, 0.1) is 0 Å². The lowest BCUT2D eigenvalue weighted by Gasteiger charge is -2.22. The third-order valence-electron chi connectivity index (χ3n) is 5.83. The van der Waals surface area contributed by atoms with Crippen molar-refractivity contribution in [3.05, 3.63) is 84.1 Å². The molecule has 2 atom stereocenters. The summed E-state index contributed by atoms with van der Waals surface area (Å²) in [4.78, 5) is 24.8. The van der Waals surface area contributed by atoms with E-state index in [2.05, 4.69) is 18.8 Å². The molecule has 0 fully saturated rings. The van der Waals surface area contributed by atoms with Gasteiger partial charge in [0.05, 0.1) is 18.7 Å². The number of carbonyl (C=O) groups is 2. The number of unbranched alkanes of at least 4 members (excludes halogenated alkanes) is 3. The average Bonchev–Trinajstić information content (AvgIpc) is 2.84. The van der Waals surface area contributed by atoms with Gasteiger partial charge in [0.2, 0.25) is 5.91 Å². The van der Waals surface area contributed by atoms with E-state index in [0.29, 0.717) is 44.5 Å². The minimum Gasteiger partial charge on any atom is -0.496 e. The molecule has 0 spiro atoms. The van der Waals surface area contributed by atoms with Gasteiger partial charge in [-0.1, -0.05) is 87.0 Å². The Hall–Kier alpha value is -2.92. The summed E-state index contributed by atoms with van der Waals surface area (Å²) in [6.45, 7) is 6.66. The minimum absolute atomic E-state index is 0.0251. The van der Waals surface area contributed by atoms with Crippen LogP contribution in [0.25, 0.3) is 0 Å². The molecule has 2 unspecified atom stereocenters. The standard InChI is InChI=1S/C29H40N2O3/c1-3-4-7-19-29(33)31-27(22-25-16-10-6-11-17-25)23(2)34-20-13-12-18-28(32)26(30)21-24-14-8-5-9-15-24/h5-6,8-11,14-17,26-27H,2-4,7,12-13,18-22,30H2,1H3,(H,31,33). The van der Waals surface area contributed by atoms with E-state index < -0.39 is 6.04 Å². The molecule has 0 saturated carbocycles. The number of nitrogens with two attached hydrogens (primary N) is 1. The molecule has 2 aromatic rings. The third-order valence-corrected chi connectivity index (χ3v) is 5.83. The van der Waals surface area contributed by atoms with Gasteiger partial charge in [-0.15, -0.1) is 0 Å². The first-order valence-electron chi connectivity index (χ1n) is 12.5. The first-order chi connectivity index (χ1) is 16.5. The lowest BCUT2D eigenvalue weighted by molar-refractivity contribution is -0.122. The molecule has 5 heteroatoms. The summed E-state index contributed by atoms with van der Waals surface area (Å²) in [5.74, 6) is 0.654. The second kappa shape index (κ2) is 15.8. The van der Waals surface area contributed by atoms with Crippen LogP contribution in [-0.4, -0.2) is 30.4 Å². The molecule has 0 aliphatic rings. The summed E-state index contributed by atoms with van der Waals surface area (Å²) in [5.41, 5.74) is 8.27. The fourth-order valence-corrected chi connectivity index (χ4v) is 3.77. The van der Waals surface area contributed by atoms with Gasteiger partial charge in [0.15, 0.2) is 0 Å². The summed E-state index contributed by atoms with van der Waals surface area (Å²) < 4.78 is 5.89. The molecule has 2 aromatic carbocycles. The SMILES string of the molecule is C=C(OCCCCC(=O)C(N)Cc1ccccc1)C(Cc1ccccc1)NC(=O)CCCCC. The van der Waals surface area contributed by atoms with E-state index in [0.717, 1.165) is 36.8 Å². The molecule has 0 aromatic heterocycles. The molecule has 5 nitrogen and oxygen atoms in total. The van der Waals surface area contributed by atoms with Gasteiger partial charge in [0.1, 0.15) is 11.5 Å². The molecular weight excluding hydrogens is 424 g/mol. The van der Waals surface area contributed by atoms with E-state index in [1.807, 2.05) is 60.7 Å². The second-order valence-electron chi connectivity index (χ2n) is 8.80. The zero-order valence-corrected chi connectivity index (χ0v) is 20.5. The molecule has 34 heavy (non-hydrogen) atoms. The Bertz CT molecular complexity index is 867. The Morgan fingerprint density at radius 2 is 1.47 bits per heavy atom. The van der Waals surface area contributed by atoms with Crippen molar-refractivity contribution in [3.63, 3.8) is 0 Å². The predicted octanol–water partition coefficient (Wildman–Crippen LogP) is 5.13. The normalized spacial score (nSPS) is 12.5. The van der Waals surface area contributed by atoms with E-state index in [1.54, 1.807) is 0 Å². The summed E-state index contributed by atoms with van der Waals surface area (Å²) in [6.07, 6.45) is 6.58. The number of hydrogen-bond donors (Lipinski definition) is 2.